The summed E-state index contributed by atoms with van der Waals surface area (Å²) in [4.78, 5) is 17.8. The van der Waals surface area contributed by atoms with E-state index in [2.05, 4.69) is 10.0 Å². The predicted molar refractivity (Wildman–Crippen MR) is 103 cm³/mol. The lowest BCUT2D eigenvalue weighted by Gasteiger charge is -2.47. The van der Waals surface area contributed by atoms with Crippen LogP contribution in [-0.4, -0.2) is 52.7 Å². The molecule has 1 amide bonds. The molecule has 1 saturated heterocycles. The highest BCUT2D eigenvalue weighted by Crippen LogP contribution is 2.33. The van der Waals surface area contributed by atoms with Crippen molar-refractivity contribution in [2.45, 2.75) is 25.0 Å². The SMILES string of the molecule is CC1CN(C(c2ccc(F)cc2)c2ccc(F)cc2)C(CN=[N+]=[N-])CN1C(=O)O. The molecule has 1 N–H and O–H groups in total. The van der Waals surface area contributed by atoms with Gasteiger partial charge in [0.2, 0.25) is 0 Å². The third kappa shape index (κ3) is 4.64. The minimum atomic E-state index is -1.04. The van der Waals surface area contributed by atoms with Crippen LogP contribution in [-0.2, 0) is 0 Å². The topological polar surface area (TPSA) is 92.5 Å². The number of halogens is 2. The second-order valence-electron chi connectivity index (χ2n) is 7.05. The lowest BCUT2D eigenvalue weighted by Crippen LogP contribution is -2.60. The van der Waals surface area contributed by atoms with E-state index >= 15 is 0 Å². The highest BCUT2D eigenvalue weighted by atomic mass is 19.1. The van der Waals surface area contributed by atoms with Gasteiger partial charge in [0, 0.05) is 36.6 Å². The molecule has 2 aromatic rings. The van der Waals surface area contributed by atoms with Gasteiger partial charge in [0.05, 0.1) is 6.04 Å². The molecule has 2 unspecified atom stereocenters. The molecule has 1 heterocycles. The van der Waals surface area contributed by atoms with Crippen molar-refractivity contribution in [1.29, 1.82) is 0 Å². The van der Waals surface area contributed by atoms with E-state index in [0.717, 1.165) is 11.1 Å². The van der Waals surface area contributed by atoms with Crippen molar-refractivity contribution in [3.05, 3.63) is 81.7 Å². The predicted octanol–water partition coefficient (Wildman–Crippen LogP) is 4.42. The number of carboxylic acid groups (broad SMARTS) is 1. The molecule has 1 aliphatic rings. The Morgan fingerprint density at radius 3 is 2.10 bits per heavy atom. The third-order valence-electron chi connectivity index (χ3n) is 5.19. The van der Waals surface area contributed by atoms with Crippen LogP contribution in [0.5, 0.6) is 0 Å². The highest BCUT2D eigenvalue weighted by molar-refractivity contribution is 5.65. The minimum absolute atomic E-state index is 0.0753. The average molecular weight is 401 g/mol. The minimum Gasteiger partial charge on any atom is -0.465 e. The van der Waals surface area contributed by atoms with Gasteiger partial charge in [0.25, 0.3) is 0 Å². The van der Waals surface area contributed by atoms with Gasteiger partial charge in [-0.3, -0.25) is 4.90 Å². The molecule has 2 atom stereocenters. The molecule has 3 rings (SSSR count). The normalized spacial score (nSPS) is 19.8. The van der Waals surface area contributed by atoms with Gasteiger partial charge in [-0.05, 0) is 47.8 Å². The van der Waals surface area contributed by atoms with Gasteiger partial charge in [-0.1, -0.05) is 29.4 Å². The van der Waals surface area contributed by atoms with E-state index in [1.165, 1.54) is 29.2 Å². The van der Waals surface area contributed by atoms with Crippen LogP contribution in [0, 0.1) is 11.6 Å². The highest BCUT2D eigenvalue weighted by Gasteiger charge is 2.38. The van der Waals surface area contributed by atoms with Gasteiger partial charge >= 0.3 is 6.09 Å². The fourth-order valence-electron chi connectivity index (χ4n) is 3.81. The molecule has 7 nitrogen and oxygen atoms in total. The molecule has 0 aromatic heterocycles. The van der Waals surface area contributed by atoms with Crippen molar-refractivity contribution in [2.75, 3.05) is 19.6 Å². The van der Waals surface area contributed by atoms with Gasteiger partial charge in [0.1, 0.15) is 11.6 Å². The summed E-state index contributed by atoms with van der Waals surface area (Å²) in [6.45, 7) is 2.41. The van der Waals surface area contributed by atoms with Crippen molar-refractivity contribution < 1.29 is 18.7 Å². The number of benzene rings is 2. The first-order chi connectivity index (χ1) is 13.9. The summed E-state index contributed by atoms with van der Waals surface area (Å²) in [5.41, 5.74) is 10.3. The van der Waals surface area contributed by atoms with Crippen LogP contribution in [0.4, 0.5) is 13.6 Å². The molecule has 29 heavy (non-hydrogen) atoms. The number of rotatable bonds is 5. The standard InChI is InChI=1S/C20H21F2N5O2/c1-13-11-27(18(10-24-25-23)12-26(13)20(28)29)19(14-2-6-16(21)7-3-14)15-4-8-17(22)9-5-15/h2-9,13,18-19H,10-12H2,1H3,(H,28,29). The molecule has 2 aromatic carbocycles. The van der Waals surface area contributed by atoms with Gasteiger partial charge in [-0.15, -0.1) is 0 Å². The van der Waals surface area contributed by atoms with Crippen molar-refractivity contribution in [2.24, 2.45) is 5.11 Å². The average Bonchev–Trinajstić information content (AvgIpc) is 2.70. The van der Waals surface area contributed by atoms with E-state index in [1.54, 1.807) is 31.2 Å². The van der Waals surface area contributed by atoms with Crippen molar-refractivity contribution >= 4 is 6.09 Å². The van der Waals surface area contributed by atoms with Crippen LogP contribution in [0.15, 0.2) is 53.6 Å². The van der Waals surface area contributed by atoms with Crippen molar-refractivity contribution in [3.8, 4) is 0 Å². The fraction of sp³-hybridized carbons (Fsp3) is 0.350. The monoisotopic (exact) mass is 401 g/mol. The first-order valence-electron chi connectivity index (χ1n) is 9.17. The van der Waals surface area contributed by atoms with Crippen molar-refractivity contribution in [3.63, 3.8) is 0 Å². The molecule has 9 heteroatoms. The molecule has 152 valence electrons. The molecule has 0 radical (unpaired) electrons. The number of carbonyl (C=O) groups is 1. The summed E-state index contributed by atoms with van der Waals surface area (Å²) >= 11 is 0. The summed E-state index contributed by atoms with van der Waals surface area (Å²) in [5, 5.41) is 13.2. The maximum atomic E-state index is 13.5. The summed E-state index contributed by atoms with van der Waals surface area (Å²) in [6.07, 6.45) is -1.04. The van der Waals surface area contributed by atoms with E-state index in [0.29, 0.717) is 6.54 Å². The number of amides is 1. The van der Waals surface area contributed by atoms with E-state index < -0.39 is 12.1 Å². The number of piperazine rings is 1. The third-order valence-corrected chi connectivity index (χ3v) is 5.19. The fourth-order valence-corrected chi connectivity index (χ4v) is 3.81. The van der Waals surface area contributed by atoms with Crippen LogP contribution < -0.4 is 0 Å². The smallest absolute Gasteiger partial charge is 0.407 e. The molecule has 0 saturated carbocycles. The molecule has 0 bridgehead atoms. The summed E-state index contributed by atoms with van der Waals surface area (Å²) in [5.74, 6) is -0.748. The number of azide groups is 1. The number of hydrogen-bond donors (Lipinski definition) is 1. The van der Waals surface area contributed by atoms with Crippen LogP contribution in [0.3, 0.4) is 0 Å². The first kappa shape index (κ1) is 20.6. The Morgan fingerprint density at radius 2 is 1.66 bits per heavy atom. The zero-order valence-electron chi connectivity index (χ0n) is 15.8. The van der Waals surface area contributed by atoms with Crippen LogP contribution in [0.2, 0.25) is 0 Å². The summed E-state index contributed by atoms with van der Waals surface area (Å²) in [7, 11) is 0. The van der Waals surface area contributed by atoms with Gasteiger partial charge in [-0.2, -0.15) is 0 Å². The Hall–Kier alpha value is -3.16. The summed E-state index contributed by atoms with van der Waals surface area (Å²) < 4.78 is 27.0. The van der Waals surface area contributed by atoms with Gasteiger partial charge in [-0.25, -0.2) is 13.6 Å². The molecule has 0 aliphatic carbocycles. The molecular weight excluding hydrogens is 380 g/mol. The van der Waals surface area contributed by atoms with E-state index in [-0.39, 0.29) is 36.8 Å². The second-order valence-corrected chi connectivity index (χ2v) is 7.05. The second kappa shape index (κ2) is 8.89. The Balaban J connectivity index is 2.05. The van der Waals surface area contributed by atoms with Crippen LogP contribution in [0.1, 0.15) is 24.1 Å². The lowest BCUT2D eigenvalue weighted by molar-refractivity contribution is 0.0245. The van der Waals surface area contributed by atoms with Gasteiger partial charge < -0.3 is 10.0 Å². The van der Waals surface area contributed by atoms with Crippen LogP contribution in [0.25, 0.3) is 10.4 Å². The van der Waals surface area contributed by atoms with E-state index in [4.69, 9.17) is 5.53 Å². The van der Waals surface area contributed by atoms with Gasteiger partial charge in [0.15, 0.2) is 0 Å². The first-order valence-corrected chi connectivity index (χ1v) is 9.17. The Bertz CT molecular complexity index is 855. The van der Waals surface area contributed by atoms with Crippen molar-refractivity contribution in [1.82, 2.24) is 9.80 Å². The van der Waals surface area contributed by atoms with E-state index in [1.807, 2.05) is 4.90 Å². The number of nitrogens with zero attached hydrogens (tertiary/aromatic N) is 5. The Kier molecular flexibility index (Phi) is 6.31. The molecular formula is C20H21F2N5O2. The largest absolute Gasteiger partial charge is 0.465 e. The zero-order valence-corrected chi connectivity index (χ0v) is 15.8. The molecule has 1 fully saturated rings. The quantitative estimate of drug-likeness (QED) is 0.457. The Morgan fingerprint density at radius 1 is 1.14 bits per heavy atom. The summed E-state index contributed by atoms with van der Waals surface area (Å²) in [6, 6.07) is 11.0. The maximum Gasteiger partial charge on any atom is 0.407 e. The molecule has 0 spiro atoms. The number of hydrogen-bond acceptors (Lipinski definition) is 3. The molecule has 1 aliphatic heterocycles. The van der Waals surface area contributed by atoms with Crippen LogP contribution >= 0.6 is 0 Å². The zero-order chi connectivity index (χ0) is 21.0. The van der Waals surface area contributed by atoms with E-state index in [9.17, 15) is 18.7 Å². The Labute approximate surface area is 166 Å². The maximum absolute atomic E-state index is 13.5. The lowest BCUT2D eigenvalue weighted by atomic mass is 9.93.